The maximum atomic E-state index is 13.2. The van der Waals surface area contributed by atoms with E-state index in [4.69, 9.17) is 11.6 Å². The Morgan fingerprint density at radius 3 is 2.25 bits per heavy atom. The molecule has 0 spiro atoms. The molecule has 1 fully saturated rings. The average Bonchev–Trinajstić information content (AvgIpc) is 2.84. The van der Waals surface area contributed by atoms with Gasteiger partial charge in [-0.05, 0) is 17.2 Å². The molecule has 0 bridgehead atoms. The van der Waals surface area contributed by atoms with Crippen molar-refractivity contribution in [3.8, 4) is 0 Å². The lowest BCUT2D eigenvalue weighted by molar-refractivity contribution is -0.127. The molecular weight excluding hydrogens is 424 g/mol. The molecule has 1 N–H and O–H groups in total. The molecule has 2 heterocycles. The summed E-state index contributed by atoms with van der Waals surface area (Å²) in [4.78, 5) is 34.0. The summed E-state index contributed by atoms with van der Waals surface area (Å²) in [6.45, 7) is 2.70. The van der Waals surface area contributed by atoms with Crippen molar-refractivity contribution >= 4 is 23.4 Å². The normalized spacial score (nSPS) is 15.2. The van der Waals surface area contributed by atoms with E-state index in [1.807, 2.05) is 60.7 Å². The van der Waals surface area contributed by atoms with Crippen LogP contribution in [-0.2, 0) is 11.3 Å². The van der Waals surface area contributed by atoms with Crippen molar-refractivity contribution in [3.05, 3.63) is 101 Å². The van der Waals surface area contributed by atoms with Crippen LogP contribution >= 0.6 is 11.6 Å². The van der Waals surface area contributed by atoms with E-state index in [9.17, 15) is 9.59 Å². The summed E-state index contributed by atoms with van der Waals surface area (Å²) in [6.07, 6.45) is 3.05. The van der Waals surface area contributed by atoms with Crippen LogP contribution in [0.3, 0.4) is 0 Å². The van der Waals surface area contributed by atoms with Gasteiger partial charge in [0, 0.05) is 45.1 Å². The van der Waals surface area contributed by atoms with E-state index in [2.05, 4.69) is 15.2 Å². The fourth-order valence-electron chi connectivity index (χ4n) is 3.95. The Kier molecular flexibility index (Phi) is 7.14. The maximum absolute atomic E-state index is 13.2. The standard InChI is InChI=1S/C25H25ClN4O2/c26-22-18-27-12-11-21(22)25(32)30-15-13-29(14-16-30)23(20-9-5-2-6-10-20)24(31)28-17-19-7-3-1-4-8-19/h1-12,18,23H,13-17H2,(H,28,31)/t23-/m0/s1. The highest BCUT2D eigenvalue weighted by molar-refractivity contribution is 6.33. The number of piperazine rings is 1. The molecule has 0 saturated carbocycles. The minimum Gasteiger partial charge on any atom is -0.350 e. The topological polar surface area (TPSA) is 65.5 Å². The van der Waals surface area contributed by atoms with Crippen LogP contribution in [0, 0.1) is 0 Å². The van der Waals surface area contributed by atoms with Gasteiger partial charge in [0.25, 0.3) is 5.91 Å². The highest BCUT2D eigenvalue weighted by Gasteiger charge is 2.32. The summed E-state index contributed by atoms with van der Waals surface area (Å²) in [5.74, 6) is -0.154. The number of carbonyl (C=O) groups excluding carboxylic acids is 2. The van der Waals surface area contributed by atoms with Gasteiger partial charge >= 0.3 is 0 Å². The molecule has 32 heavy (non-hydrogen) atoms. The number of benzene rings is 2. The number of aromatic nitrogens is 1. The van der Waals surface area contributed by atoms with Crippen molar-refractivity contribution in [2.45, 2.75) is 12.6 Å². The Bertz CT molecular complexity index is 1050. The number of halogens is 1. The van der Waals surface area contributed by atoms with Crippen LogP contribution in [0.2, 0.25) is 5.02 Å². The molecule has 0 radical (unpaired) electrons. The zero-order valence-corrected chi connectivity index (χ0v) is 18.4. The Morgan fingerprint density at radius 1 is 0.938 bits per heavy atom. The minimum absolute atomic E-state index is 0.0444. The highest BCUT2D eigenvalue weighted by atomic mass is 35.5. The summed E-state index contributed by atoms with van der Waals surface area (Å²) in [5.41, 5.74) is 2.45. The Labute approximate surface area is 192 Å². The smallest absolute Gasteiger partial charge is 0.255 e. The van der Waals surface area contributed by atoms with Crippen LogP contribution < -0.4 is 5.32 Å². The van der Waals surface area contributed by atoms with E-state index in [-0.39, 0.29) is 11.8 Å². The van der Waals surface area contributed by atoms with Crippen molar-refractivity contribution in [1.29, 1.82) is 0 Å². The predicted octanol–water partition coefficient (Wildman–Crippen LogP) is 3.55. The molecule has 1 aromatic heterocycles. The second-order valence-corrected chi connectivity index (χ2v) is 8.11. The first-order valence-electron chi connectivity index (χ1n) is 10.6. The van der Waals surface area contributed by atoms with Crippen molar-refractivity contribution in [1.82, 2.24) is 20.1 Å². The number of rotatable bonds is 6. The zero-order valence-electron chi connectivity index (χ0n) is 17.7. The third-order valence-electron chi connectivity index (χ3n) is 5.64. The van der Waals surface area contributed by atoms with Gasteiger partial charge in [-0.1, -0.05) is 72.3 Å². The molecule has 3 aromatic rings. The fourth-order valence-corrected chi connectivity index (χ4v) is 4.15. The first-order chi connectivity index (χ1) is 15.6. The van der Waals surface area contributed by atoms with Gasteiger partial charge in [-0.25, -0.2) is 0 Å². The highest BCUT2D eigenvalue weighted by Crippen LogP contribution is 2.24. The lowest BCUT2D eigenvalue weighted by Gasteiger charge is -2.39. The van der Waals surface area contributed by atoms with Gasteiger partial charge in [0.1, 0.15) is 6.04 Å². The molecule has 0 unspecified atom stereocenters. The number of carbonyl (C=O) groups is 2. The van der Waals surface area contributed by atoms with E-state index < -0.39 is 6.04 Å². The van der Waals surface area contributed by atoms with Gasteiger partial charge in [0.15, 0.2) is 0 Å². The Hall–Kier alpha value is -3.22. The molecule has 7 heteroatoms. The molecular formula is C25H25ClN4O2. The van der Waals surface area contributed by atoms with E-state index in [1.165, 1.54) is 6.20 Å². The summed E-state index contributed by atoms with van der Waals surface area (Å²) in [7, 11) is 0. The zero-order chi connectivity index (χ0) is 22.3. The molecule has 2 amide bonds. The van der Waals surface area contributed by atoms with E-state index in [0.29, 0.717) is 43.3 Å². The van der Waals surface area contributed by atoms with Crippen molar-refractivity contribution in [2.75, 3.05) is 26.2 Å². The van der Waals surface area contributed by atoms with Gasteiger partial charge in [0.05, 0.1) is 10.6 Å². The first kappa shape index (κ1) is 22.0. The molecule has 0 aliphatic carbocycles. The van der Waals surface area contributed by atoms with Crippen LogP contribution in [0.15, 0.2) is 79.1 Å². The number of nitrogens with zero attached hydrogens (tertiary/aromatic N) is 3. The van der Waals surface area contributed by atoms with Crippen LogP contribution in [0.4, 0.5) is 0 Å². The first-order valence-corrected chi connectivity index (χ1v) is 11.0. The number of hydrogen-bond acceptors (Lipinski definition) is 4. The third kappa shape index (κ3) is 5.15. The molecule has 1 aliphatic heterocycles. The second-order valence-electron chi connectivity index (χ2n) is 7.70. The molecule has 4 rings (SSSR count). The summed E-state index contributed by atoms with van der Waals surface area (Å²) in [6, 6.07) is 20.9. The third-order valence-corrected chi connectivity index (χ3v) is 5.94. The summed E-state index contributed by atoms with van der Waals surface area (Å²) in [5, 5.41) is 3.43. The fraction of sp³-hybridized carbons (Fsp3) is 0.240. The van der Waals surface area contributed by atoms with Crippen molar-refractivity contribution < 1.29 is 9.59 Å². The van der Waals surface area contributed by atoms with Gasteiger partial charge < -0.3 is 10.2 Å². The number of amides is 2. The van der Waals surface area contributed by atoms with Gasteiger partial charge in [-0.2, -0.15) is 0 Å². The van der Waals surface area contributed by atoms with Crippen LogP contribution in [0.25, 0.3) is 0 Å². The number of pyridine rings is 1. The predicted molar refractivity (Wildman–Crippen MR) is 124 cm³/mol. The van der Waals surface area contributed by atoms with Gasteiger partial charge in [0.2, 0.25) is 5.91 Å². The molecule has 1 atom stereocenters. The quantitative estimate of drug-likeness (QED) is 0.626. The molecule has 164 valence electrons. The summed E-state index contributed by atoms with van der Waals surface area (Å²) < 4.78 is 0. The molecule has 6 nitrogen and oxygen atoms in total. The molecule has 1 aliphatic rings. The van der Waals surface area contributed by atoms with Gasteiger partial charge in [-0.15, -0.1) is 0 Å². The maximum Gasteiger partial charge on any atom is 0.255 e. The van der Waals surface area contributed by atoms with Crippen LogP contribution in [0.5, 0.6) is 0 Å². The monoisotopic (exact) mass is 448 g/mol. The number of hydrogen-bond donors (Lipinski definition) is 1. The summed E-state index contributed by atoms with van der Waals surface area (Å²) >= 11 is 6.15. The molecule has 1 saturated heterocycles. The largest absolute Gasteiger partial charge is 0.350 e. The lowest BCUT2D eigenvalue weighted by atomic mass is 10.0. The molecule has 2 aromatic carbocycles. The van der Waals surface area contributed by atoms with Crippen LogP contribution in [-0.4, -0.2) is 52.8 Å². The lowest BCUT2D eigenvalue weighted by Crippen LogP contribution is -2.52. The average molecular weight is 449 g/mol. The minimum atomic E-state index is -0.415. The van der Waals surface area contributed by atoms with E-state index >= 15 is 0 Å². The Morgan fingerprint density at radius 2 is 1.59 bits per heavy atom. The van der Waals surface area contributed by atoms with E-state index in [1.54, 1.807) is 17.2 Å². The SMILES string of the molecule is O=C(NCc1ccccc1)[C@H](c1ccccc1)N1CCN(C(=O)c2ccncc2Cl)CC1. The Balaban J connectivity index is 1.45. The van der Waals surface area contributed by atoms with Crippen molar-refractivity contribution in [2.24, 2.45) is 0 Å². The van der Waals surface area contributed by atoms with E-state index in [0.717, 1.165) is 11.1 Å². The van der Waals surface area contributed by atoms with Crippen molar-refractivity contribution in [3.63, 3.8) is 0 Å². The van der Waals surface area contributed by atoms with Crippen LogP contribution in [0.1, 0.15) is 27.5 Å². The van der Waals surface area contributed by atoms with Gasteiger partial charge in [-0.3, -0.25) is 19.5 Å². The second kappa shape index (κ2) is 10.4. The number of nitrogens with one attached hydrogen (secondary N) is 1.